The number of aromatic hydroxyl groups is 1. The monoisotopic (exact) mass is 1090 g/mol. The molecule has 19 heteroatoms. The minimum Gasteiger partial charge on any atom is -0.507 e. The van der Waals surface area contributed by atoms with Crippen molar-refractivity contribution >= 4 is 97.3 Å². The van der Waals surface area contributed by atoms with Gasteiger partial charge in [-0.05, 0) is 178 Å². The highest BCUT2D eigenvalue weighted by Crippen LogP contribution is 2.29. The second-order valence-corrected chi connectivity index (χ2v) is 19.7. The first-order valence-electron chi connectivity index (χ1n) is 21.2. The molecule has 0 aliphatic heterocycles. The number of nitro groups is 1. The number of phenols is 1. The summed E-state index contributed by atoms with van der Waals surface area (Å²) in [5.74, 6) is -0.111. The highest BCUT2D eigenvalue weighted by molar-refractivity contribution is 7.85. The van der Waals surface area contributed by atoms with E-state index in [-0.39, 0.29) is 57.9 Å². The quantitative estimate of drug-likeness (QED) is 0.0386. The second-order valence-electron chi connectivity index (χ2n) is 16.2. The van der Waals surface area contributed by atoms with Gasteiger partial charge in [0.1, 0.15) is 28.8 Å². The number of carbonyl (C=O) groups excluding carboxylic acids is 4. The summed E-state index contributed by atoms with van der Waals surface area (Å²) in [6, 6.07) is 24.8. The zero-order valence-electron chi connectivity index (χ0n) is 39.8. The smallest absolute Gasteiger partial charge is 0.315 e. The maximum absolute atomic E-state index is 12.0. The number of carbonyl (C=O) groups is 4. The van der Waals surface area contributed by atoms with Crippen LogP contribution in [0.4, 0.5) is 5.69 Å². The number of benzene rings is 6. The molecule has 2 N–H and O–H groups in total. The van der Waals surface area contributed by atoms with Gasteiger partial charge in [0.2, 0.25) is 0 Å². The lowest BCUT2D eigenvalue weighted by Crippen LogP contribution is -2.13. The zero-order valence-corrected chi connectivity index (χ0v) is 44.4. The number of phenolic OH excluding ortho intramolecular Hbond substituents is 1. The van der Waals surface area contributed by atoms with Crippen LogP contribution in [0.1, 0.15) is 69.5 Å². The number of nitrogens with zero attached hydrogens (tertiary/aromatic N) is 1. The van der Waals surface area contributed by atoms with Crippen molar-refractivity contribution in [1.29, 1.82) is 0 Å². The Balaban J connectivity index is 0.000000259. The van der Waals surface area contributed by atoms with Gasteiger partial charge in [-0.25, -0.2) is 0 Å². The van der Waals surface area contributed by atoms with Crippen molar-refractivity contribution in [2.75, 3.05) is 0 Å². The molecule has 13 nitrogen and oxygen atoms in total. The molecule has 6 aromatic rings. The van der Waals surface area contributed by atoms with E-state index in [0.29, 0.717) is 49.5 Å². The molecule has 0 saturated carbocycles. The maximum Gasteiger partial charge on any atom is 0.315 e. The van der Waals surface area contributed by atoms with Crippen LogP contribution in [0.2, 0.25) is 25.1 Å². The first-order valence-corrected chi connectivity index (χ1v) is 24.5. The van der Waals surface area contributed by atoms with E-state index in [1.807, 2.05) is 52.0 Å². The first-order chi connectivity index (χ1) is 33.0. The number of esters is 2. The van der Waals surface area contributed by atoms with Gasteiger partial charge in [0.25, 0.3) is 15.8 Å². The van der Waals surface area contributed by atoms with Gasteiger partial charge in [-0.2, -0.15) is 8.42 Å². The number of hydrogen-bond acceptors (Lipinski definition) is 11. The Morgan fingerprint density at radius 3 is 1.37 bits per heavy atom. The molecule has 0 saturated heterocycles. The molecule has 0 aliphatic carbocycles. The summed E-state index contributed by atoms with van der Waals surface area (Å²) in [7, 11) is -4.42. The van der Waals surface area contributed by atoms with Crippen molar-refractivity contribution in [3.8, 4) is 17.2 Å². The molecule has 0 amide bonds. The third-order valence-corrected chi connectivity index (χ3v) is 12.6. The molecule has 0 aromatic heterocycles. The fraction of sp³-hybridized carbons (Fsp3) is 0.231. The minimum atomic E-state index is -4.42. The van der Waals surface area contributed by atoms with Crippen molar-refractivity contribution in [3.05, 3.63) is 188 Å². The average Bonchev–Trinajstić information content (AvgIpc) is 3.26. The van der Waals surface area contributed by atoms with Crippen molar-refractivity contribution in [3.63, 3.8) is 0 Å². The lowest BCUT2D eigenvalue weighted by Gasteiger charge is -2.10. The molecule has 376 valence electrons. The molecule has 0 heterocycles. The van der Waals surface area contributed by atoms with Crippen molar-refractivity contribution in [2.24, 2.45) is 0 Å². The van der Waals surface area contributed by atoms with E-state index < -0.39 is 27.0 Å². The predicted octanol–water partition coefficient (Wildman–Crippen LogP) is 13.3. The highest BCUT2D eigenvalue weighted by atomic mass is 35.5. The van der Waals surface area contributed by atoms with Gasteiger partial charge in [-0.1, -0.05) is 70.1 Å². The van der Waals surface area contributed by atoms with E-state index in [4.69, 9.17) is 72.0 Å². The van der Waals surface area contributed by atoms with E-state index in [9.17, 15) is 42.8 Å². The van der Waals surface area contributed by atoms with Crippen molar-refractivity contribution in [2.45, 2.75) is 86.0 Å². The Hall–Kier alpha value is -5.84. The molecule has 6 rings (SSSR count). The summed E-state index contributed by atoms with van der Waals surface area (Å²) in [6.07, 6.45) is 0.599. The largest absolute Gasteiger partial charge is 0.507 e. The SMILES string of the molecule is CC(=O)Cc1cc(C)cc(Cl)c1C.CC(=O)Cc1cc(Cl)cc(C)c1O.Cc1c(Cl)cc(S(=O)(=O)O)cc1CC(=O)Oc1ccc(Cl)cc1.Cc1cc(Cl)c(C)c(CC(=O)Oc2ccc([N+](=O)[O-])cc2)c1. The van der Waals surface area contributed by atoms with E-state index in [1.54, 1.807) is 45.0 Å². The summed E-state index contributed by atoms with van der Waals surface area (Å²) in [4.78, 5) is 55.4. The van der Waals surface area contributed by atoms with Crippen LogP contribution in [0, 0.1) is 51.7 Å². The third-order valence-electron chi connectivity index (χ3n) is 10.1. The van der Waals surface area contributed by atoms with Crippen LogP contribution in [0.15, 0.2) is 102 Å². The third kappa shape index (κ3) is 19.7. The van der Waals surface area contributed by atoms with Crippen molar-refractivity contribution in [1.82, 2.24) is 0 Å². The predicted molar refractivity (Wildman–Crippen MR) is 278 cm³/mol. The van der Waals surface area contributed by atoms with Crippen LogP contribution in [0.25, 0.3) is 0 Å². The van der Waals surface area contributed by atoms with Gasteiger partial charge in [-0.3, -0.25) is 33.8 Å². The molecular weight excluding hydrogens is 1040 g/mol. The van der Waals surface area contributed by atoms with Crippen LogP contribution < -0.4 is 9.47 Å². The van der Waals surface area contributed by atoms with E-state index in [0.717, 1.165) is 44.5 Å². The minimum absolute atomic E-state index is 0.0111. The number of ketones is 2. The molecule has 0 fully saturated rings. The molecule has 0 bridgehead atoms. The summed E-state index contributed by atoms with van der Waals surface area (Å²) >= 11 is 29.6. The molecule has 0 radical (unpaired) electrons. The second kappa shape index (κ2) is 27.1. The summed E-state index contributed by atoms with van der Waals surface area (Å²) in [5.41, 5.74) is 7.89. The number of ether oxygens (including phenoxy) is 2. The summed E-state index contributed by atoms with van der Waals surface area (Å²) in [6.45, 7) is 14.1. The summed E-state index contributed by atoms with van der Waals surface area (Å²) in [5, 5.41) is 22.7. The normalized spacial score (nSPS) is 10.6. The number of aryl methyl sites for hydroxylation is 3. The van der Waals surface area contributed by atoms with E-state index in [2.05, 4.69) is 0 Å². The molecule has 71 heavy (non-hydrogen) atoms. The van der Waals surface area contributed by atoms with Crippen LogP contribution >= 0.6 is 58.0 Å². The van der Waals surface area contributed by atoms with E-state index >= 15 is 0 Å². The Bertz CT molecular complexity index is 2980. The molecule has 0 unspecified atom stereocenters. The Morgan fingerprint density at radius 2 is 0.944 bits per heavy atom. The number of rotatable bonds is 12. The first kappa shape index (κ1) is 59.5. The molecule has 6 aromatic carbocycles. The number of nitro benzene ring substituents is 1. The summed E-state index contributed by atoms with van der Waals surface area (Å²) < 4.78 is 41.9. The Morgan fingerprint density at radius 1 is 0.549 bits per heavy atom. The van der Waals surface area contributed by atoms with Gasteiger partial charge in [0, 0.05) is 55.7 Å². The van der Waals surface area contributed by atoms with Crippen LogP contribution in [-0.2, 0) is 55.0 Å². The lowest BCUT2D eigenvalue weighted by atomic mass is 10.0. The number of non-ortho nitro benzene ring substituents is 1. The maximum atomic E-state index is 12.0. The zero-order chi connectivity index (χ0) is 53.5. The Kier molecular flexibility index (Phi) is 22.7. The fourth-order valence-corrected chi connectivity index (χ4v) is 8.31. The van der Waals surface area contributed by atoms with E-state index in [1.165, 1.54) is 49.4 Å². The number of Topliss-reactive ketones (excluding diaryl/α,β-unsaturated/α-hetero) is 2. The van der Waals surface area contributed by atoms with Gasteiger partial charge in [-0.15, -0.1) is 0 Å². The molecule has 0 atom stereocenters. The van der Waals surface area contributed by atoms with Gasteiger partial charge >= 0.3 is 11.9 Å². The fourth-order valence-electron chi connectivity index (χ4n) is 6.44. The van der Waals surface area contributed by atoms with Crippen LogP contribution in [0.5, 0.6) is 17.2 Å². The molecule has 0 aliphatic rings. The average molecular weight is 1090 g/mol. The molecule has 0 spiro atoms. The van der Waals surface area contributed by atoms with Gasteiger partial charge in [0.05, 0.1) is 22.7 Å². The standard InChI is InChI=1S/C16H14ClNO4.C15H12Cl2O5S.C11H13ClO.C10H11ClO2/c1-10-7-12(11(2)15(17)8-10)9-16(19)22-14-5-3-13(4-6-14)18(20)21;1-9-10(6-13(8-14(9)17)23(19,20)21)7-15(18)22-12-4-2-11(16)3-5-12;1-7-4-10(6-8(2)13)9(3)11(12)5-7;1-6-3-9(11)5-8(10(6)13)4-7(2)12/h3-8H,9H2,1-2H3;2-6,8H,7H2,1H3,(H,19,20,21);4-5H,6H2,1-3H3;3,5,13H,4H2,1-2H3. The van der Waals surface area contributed by atoms with Gasteiger partial charge in [0.15, 0.2) is 0 Å². The van der Waals surface area contributed by atoms with Crippen LogP contribution in [0.3, 0.4) is 0 Å². The Labute approximate surface area is 437 Å². The van der Waals surface area contributed by atoms with Gasteiger partial charge < -0.3 is 14.6 Å². The van der Waals surface area contributed by atoms with Crippen molar-refractivity contribution < 1.29 is 51.7 Å². The number of halogens is 5. The topological polar surface area (TPSA) is 204 Å². The number of hydrogen-bond donors (Lipinski definition) is 2. The molecular formula is C52H50Cl5NO12S. The highest BCUT2D eigenvalue weighted by Gasteiger charge is 2.18. The lowest BCUT2D eigenvalue weighted by molar-refractivity contribution is -0.384. The van der Waals surface area contributed by atoms with Crippen LogP contribution in [-0.4, -0.2) is 46.5 Å².